The molecule has 6 heteroatoms. The lowest BCUT2D eigenvalue weighted by Gasteiger charge is -2.15. The Bertz CT molecular complexity index is 664. The smallest absolute Gasteiger partial charge is 0.285 e. The highest BCUT2D eigenvalue weighted by molar-refractivity contribution is 9.10. The largest absolute Gasteiger partial charge is 0.382 e. The highest BCUT2D eigenvalue weighted by Gasteiger charge is 2.14. The second-order valence-corrected chi connectivity index (χ2v) is 5.62. The van der Waals surface area contributed by atoms with E-state index < -0.39 is 4.92 Å². The minimum absolute atomic E-state index is 0.00177. The van der Waals surface area contributed by atoms with Gasteiger partial charge in [0.15, 0.2) is 0 Å². The van der Waals surface area contributed by atoms with Crippen LogP contribution < -0.4 is 5.32 Å². The first-order valence-corrected chi connectivity index (χ1v) is 7.20. The number of nitrogens with zero attached hydrogens (tertiary/aromatic N) is 1. The third kappa shape index (κ3) is 4.01. The second kappa shape index (κ2) is 6.67. The van der Waals surface area contributed by atoms with Gasteiger partial charge in [-0.2, -0.15) is 0 Å². The molecule has 0 heterocycles. The molecule has 0 saturated heterocycles. The van der Waals surface area contributed by atoms with Gasteiger partial charge in [0.1, 0.15) is 5.82 Å². The van der Waals surface area contributed by atoms with Gasteiger partial charge in [0.25, 0.3) is 5.69 Å². The molecule has 21 heavy (non-hydrogen) atoms. The van der Waals surface area contributed by atoms with Crippen LogP contribution in [0.25, 0.3) is 0 Å². The molecule has 0 amide bonds. The van der Waals surface area contributed by atoms with E-state index in [1.807, 2.05) is 6.92 Å². The molecule has 0 saturated carbocycles. The molecule has 0 aliphatic heterocycles. The van der Waals surface area contributed by atoms with Gasteiger partial charge in [-0.05, 0) is 53.0 Å². The Morgan fingerprint density at radius 1 is 1.33 bits per heavy atom. The van der Waals surface area contributed by atoms with Crippen molar-refractivity contribution in [3.8, 4) is 0 Å². The number of nitro groups is 1. The average molecular weight is 353 g/mol. The number of rotatable bonds is 5. The summed E-state index contributed by atoms with van der Waals surface area (Å²) >= 11 is 3.14. The summed E-state index contributed by atoms with van der Waals surface area (Å²) in [5, 5.41) is 14.0. The predicted molar refractivity (Wildman–Crippen MR) is 84.0 cm³/mol. The van der Waals surface area contributed by atoms with Crippen molar-refractivity contribution in [2.45, 2.75) is 19.4 Å². The number of hydrogen-bond donors (Lipinski definition) is 1. The van der Waals surface area contributed by atoms with E-state index >= 15 is 0 Å². The average Bonchev–Trinajstić information content (AvgIpc) is 2.43. The summed E-state index contributed by atoms with van der Waals surface area (Å²) in [6, 6.07) is 11.4. The maximum absolute atomic E-state index is 13.6. The number of hydrogen-bond acceptors (Lipinski definition) is 3. The van der Waals surface area contributed by atoms with E-state index in [1.54, 1.807) is 30.3 Å². The van der Waals surface area contributed by atoms with Crippen molar-refractivity contribution in [2.24, 2.45) is 0 Å². The van der Waals surface area contributed by atoms with Gasteiger partial charge in [-0.25, -0.2) is 4.39 Å². The Morgan fingerprint density at radius 2 is 2.05 bits per heavy atom. The Kier molecular flexibility index (Phi) is 4.90. The summed E-state index contributed by atoms with van der Waals surface area (Å²) in [5.41, 5.74) is 1.25. The van der Waals surface area contributed by atoms with Crippen LogP contribution in [0.5, 0.6) is 0 Å². The van der Waals surface area contributed by atoms with Gasteiger partial charge in [-0.3, -0.25) is 10.1 Å². The van der Waals surface area contributed by atoms with E-state index in [2.05, 4.69) is 21.2 Å². The molecule has 0 fully saturated rings. The Hall–Kier alpha value is -1.95. The standard InChI is InChI=1S/C15H14BrFN2O2/c1-10(8-11-4-2-3-5-14(11)17)18-12-6-7-13(16)15(9-12)19(20)21/h2-7,9-10,18H,8H2,1H3. The van der Waals surface area contributed by atoms with E-state index in [1.165, 1.54) is 12.1 Å². The summed E-state index contributed by atoms with van der Waals surface area (Å²) in [7, 11) is 0. The number of halogens is 2. The van der Waals surface area contributed by atoms with E-state index in [0.29, 0.717) is 22.1 Å². The maximum Gasteiger partial charge on any atom is 0.285 e. The third-order valence-electron chi connectivity index (χ3n) is 3.04. The van der Waals surface area contributed by atoms with Gasteiger partial charge < -0.3 is 5.32 Å². The quantitative estimate of drug-likeness (QED) is 0.634. The molecule has 2 aromatic carbocycles. The first-order chi connectivity index (χ1) is 9.97. The fourth-order valence-corrected chi connectivity index (χ4v) is 2.46. The minimum Gasteiger partial charge on any atom is -0.382 e. The second-order valence-electron chi connectivity index (χ2n) is 4.76. The van der Waals surface area contributed by atoms with Gasteiger partial charge in [-0.1, -0.05) is 18.2 Å². The molecular formula is C15H14BrFN2O2. The van der Waals surface area contributed by atoms with Gasteiger partial charge in [0.2, 0.25) is 0 Å². The highest BCUT2D eigenvalue weighted by atomic mass is 79.9. The molecule has 0 bridgehead atoms. The predicted octanol–water partition coefficient (Wildman–Crippen LogP) is 4.54. The summed E-state index contributed by atoms with van der Waals surface area (Å²) in [6.07, 6.45) is 0.497. The molecule has 1 atom stereocenters. The molecule has 0 aromatic heterocycles. The van der Waals surface area contributed by atoms with Gasteiger partial charge in [-0.15, -0.1) is 0 Å². The molecule has 0 aliphatic carbocycles. The molecule has 0 aliphatic rings. The number of nitrogens with one attached hydrogen (secondary N) is 1. The van der Waals surface area contributed by atoms with Crippen LogP contribution in [0.2, 0.25) is 0 Å². The maximum atomic E-state index is 13.6. The lowest BCUT2D eigenvalue weighted by atomic mass is 10.1. The number of nitro benzene ring substituents is 1. The van der Waals surface area contributed by atoms with Crippen LogP contribution in [0, 0.1) is 15.9 Å². The van der Waals surface area contributed by atoms with Crippen molar-refractivity contribution in [1.82, 2.24) is 0 Å². The van der Waals surface area contributed by atoms with E-state index in [0.717, 1.165) is 0 Å². The van der Waals surface area contributed by atoms with Gasteiger partial charge in [0.05, 0.1) is 9.40 Å². The SMILES string of the molecule is CC(Cc1ccccc1F)Nc1ccc(Br)c([N+](=O)[O-])c1. The van der Waals surface area contributed by atoms with Crippen molar-refractivity contribution in [3.63, 3.8) is 0 Å². The zero-order valence-electron chi connectivity index (χ0n) is 11.3. The highest BCUT2D eigenvalue weighted by Crippen LogP contribution is 2.28. The normalized spacial score (nSPS) is 12.0. The molecule has 1 N–H and O–H groups in total. The molecule has 110 valence electrons. The Balaban J connectivity index is 2.09. The van der Waals surface area contributed by atoms with E-state index in [4.69, 9.17) is 0 Å². The summed E-state index contributed by atoms with van der Waals surface area (Å²) < 4.78 is 14.0. The van der Waals surface area contributed by atoms with Crippen LogP contribution in [0.1, 0.15) is 12.5 Å². The van der Waals surface area contributed by atoms with Crippen LogP contribution in [0.3, 0.4) is 0 Å². The molecular weight excluding hydrogens is 339 g/mol. The third-order valence-corrected chi connectivity index (χ3v) is 3.71. The van der Waals surface area contributed by atoms with E-state index in [-0.39, 0.29) is 17.5 Å². The first kappa shape index (κ1) is 15.4. The zero-order valence-corrected chi connectivity index (χ0v) is 12.9. The van der Waals surface area contributed by atoms with Crippen molar-refractivity contribution in [1.29, 1.82) is 0 Å². The number of benzene rings is 2. The Morgan fingerprint density at radius 3 is 2.71 bits per heavy atom. The molecule has 0 radical (unpaired) electrons. The fourth-order valence-electron chi connectivity index (χ4n) is 2.07. The lowest BCUT2D eigenvalue weighted by Crippen LogP contribution is -2.18. The minimum atomic E-state index is -0.448. The van der Waals surface area contributed by atoms with Crippen LogP contribution in [0.15, 0.2) is 46.9 Å². The molecule has 1 unspecified atom stereocenters. The molecule has 2 aromatic rings. The van der Waals surface area contributed by atoms with Crippen LogP contribution in [-0.2, 0) is 6.42 Å². The van der Waals surface area contributed by atoms with Crippen molar-refractivity contribution in [2.75, 3.05) is 5.32 Å². The fraction of sp³-hybridized carbons (Fsp3) is 0.200. The Labute approximate surface area is 130 Å². The van der Waals surface area contributed by atoms with Gasteiger partial charge >= 0.3 is 0 Å². The van der Waals surface area contributed by atoms with Gasteiger partial charge in [0, 0.05) is 17.8 Å². The van der Waals surface area contributed by atoms with Crippen LogP contribution in [0.4, 0.5) is 15.8 Å². The zero-order chi connectivity index (χ0) is 15.4. The van der Waals surface area contributed by atoms with Crippen molar-refractivity contribution >= 4 is 27.3 Å². The summed E-state index contributed by atoms with van der Waals surface area (Å²) in [6.45, 7) is 1.90. The summed E-state index contributed by atoms with van der Waals surface area (Å²) in [4.78, 5) is 10.4. The summed E-state index contributed by atoms with van der Waals surface area (Å²) in [5.74, 6) is -0.243. The monoisotopic (exact) mass is 352 g/mol. The van der Waals surface area contributed by atoms with Crippen LogP contribution in [-0.4, -0.2) is 11.0 Å². The van der Waals surface area contributed by atoms with E-state index in [9.17, 15) is 14.5 Å². The lowest BCUT2D eigenvalue weighted by molar-refractivity contribution is -0.385. The number of anilines is 1. The van der Waals surface area contributed by atoms with Crippen molar-refractivity contribution in [3.05, 3.63) is 68.4 Å². The first-order valence-electron chi connectivity index (χ1n) is 6.41. The van der Waals surface area contributed by atoms with Crippen molar-refractivity contribution < 1.29 is 9.31 Å². The van der Waals surface area contributed by atoms with Crippen LogP contribution >= 0.6 is 15.9 Å². The molecule has 2 rings (SSSR count). The molecule has 4 nitrogen and oxygen atoms in total. The molecule has 0 spiro atoms. The topological polar surface area (TPSA) is 55.2 Å².